The average molecular weight is 274 g/mol. The van der Waals surface area contributed by atoms with Gasteiger partial charge in [0, 0.05) is 14.1 Å². The summed E-state index contributed by atoms with van der Waals surface area (Å²) in [6.07, 6.45) is 1.28. The number of imidazole rings is 1. The van der Waals surface area contributed by atoms with Gasteiger partial charge in [0.05, 0.1) is 6.33 Å². The van der Waals surface area contributed by atoms with E-state index in [2.05, 4.69) is 4.98 Å². The number of aryl methyl sites for hydroxylation is 1. The van der Waals surface area contributed by atoms with Gasteiger partial charge in [-0.2, -0.15) is 8.42 Å². The molecule has 10 heteroatoms. The summed E-state index contributed by atoms with van der Waals surface area (Å²) < 4.78 is 33.4. The van der Waals surface area contributed by atoms with Gasteiger partial charge in [-0.25, -0.2) is 9.78 Å². The van der Waals surface area contributed by atoms with Crippen molar-refractivity contribution in [2.24, 2.45) is 14.1 Å². The first-order valence-corrected chi connectivity index (χ1v) is 6.39. The molecule has 1 N–H and O–H groups in total. The molecule has 2 aromatic rings. The second-order valence-electron chi connectivity index (χ2n) is 3.81. The van der Waals surface area contributed by atoms with Crippen LogP contribution in [0.2, 0.25) is 0 Å². The van der Waals surface area contributed by atoms with Crippen LogP contribution < -0.4 is 11.2 Å². The highest BCUT2D eigenvalue weighted by atomic mass is 32.2. The largest absolute Gasteiger partial charge is 0.333 e. The molecule has 0 aliphatic heterocycles. The summed E-state index contributed by atoms with van der Waals surface area (Å²) in [5.74, 6) is -0.951. The third-order valence-corrected chi connectivity index (χ3v) is 3.08. The molecule has 9 nitrogen and oxygen atoms in total. The molecule has 0 saturated carbocycles. The predicted molar refractivity (Wildman–Crippen MR) is 61.8 cm³/mol. The molecular formula is C8H10N4O5S. The maximum Gasteiger partial charge on any atom is 0.333 e. The maximum atomic E-state index is 11.8. The first-order valence-electron chi connectivity index (χ1n) is 4.78. The summed E-state index contributed by atoms with van der Waals surface area (Å²) in [5, 5.41) is 0. The Bertz CT molecular complexity index is 841. The highest BCUT2D eigenvalue weighted by Crippen LogP contribution is 2.05. The minimum absolute atomic E-state index is 0.0803. The van der Waals surface area contributed by atoms with Gasteiger partial charge in [0.1, 0.15) is 0 Å². The monoisotopic (exact) mass is 274 g/mol. The van der Waals surface area contributed by atoms with Crippen molar-refractivity contribution in [3.05, 3.63) is 27.2 Å². The summed E-state index contributed by atoms with van der Waals surface area (Å²) >= 11 is 0. The van der Waals surface area contributed by atoms with E-state index in [1.807, 2.05) is 0 Å². The van der Waals surface area contributed by atoms with Crippen LogP contribution in [0, 0.1) is 0 Å². The zero-order chi connectivity index (χ0) is 13.7. The summed E-state index contributed by atoms with van der Waals surface area (Å²) in [5.41, 5.74) is -1.44. The van der Waals surface area contributed by atoms with E-state index in [9.17, 15) is 18.0 Å². The lowest BCUT2D eigenvalue weighted by Crippen LogP contribution is -2.39. The fourth-order valence-electron chi connectivity index (χ4n) is 1.66. The van der Waals surface area contributed by atoms with E-state index in [1.54, 1.807) is 7.05 Å². The predicted octanol–water partition coefficient (Wildman–Crippen LogP) is -1.72. The van der Waals surface area contributed by atoms with E-state index in [1.165, 1.54) is 17.9 Å². The molecule has 0 radical (unpaired) electrons. The Morgan fingerprint density at radius 1 is 1.33 bits per heavy atom. The van der Waals surface area contributed by atoms with E-state index in [-0.39, 0.29) is 11.2 Å². The maximum absolute atomic E-state index is 11.8. The lowest BCUT2D eigenvalue weighted by molar-refractivity contribution is 0.469. The van der Waals surface area contributed by atoms with Gasteiger partial charge in [-0.3, -0.25) is 18.5 Å². The normalized spacial score (nSPS) is 12.2. The molecule has 0 fully saturated rings. The Labute approximate surface area is 101 Å². The highest BCUT2D eigenvalue weighted by molar-refractivity contribution is 7.84. The summed E-state index contributed by atoms with van der Waals surface area (Å²) in [7, 11) is -1.65. The van der Waals surface area contributed by atoms with E-state index < -0.39 is 27.2 Å². The molecule has 2 rings (SSSR count). The first kappa shape index (κ1) is 12.5. The van der Waals surface area contributed by atoms with Crippen LogP contribution in [0.25, 0.3) is 11.2 Å². The SMILES string of the molecule is Cn1c(=O)c2c(ncn2C)n(CS(=O)(=O)O)c1=O. The molecule has 0 spiro atoms. The number of hydrogen-bond donors (Lipinski definition) is 1. The molecule has 0 aromatic carbocycles. The van der Waals surface area contributed by atoms with E-state index in [0.29, 0.717) is 0 Å². The zero-order valence-corrected chi connectivity index (χ0v) is 10.4. The van der Waals surface area contributed by atoms with Crippen LogP contribution in [0.4, 0.5) is 0 Å². The summed E-state index contributed by atoms with van der Waals surface area (Å²) in [4.78, 5) is 27.4. The highest BCUT2D eigenvalue weighted by Gasteiger charge is 2.18. The number of hydrogen-bond acceptors (Lipinski definition) is 5. The van der Waals surface area contributed by atoms with E-state index in [4.69, 9.17) is 4.55 Å². The van der Waals surface area contributed by atoms with E-state index in [0.717, 1.165) is 9.13 Å². The molecule has 0 unspecified atom stereocenters. The van der Waals surface area contributed by atoms with Crippen LogP contribution in [0.5, 0.6) is 0 Å². The standard InChI is InChI=1S/C8H10N4O5S/c1-10-3-9-6-5(10)7(13)11(2)8(14)12(6)4-18(15,16)17/h3H,4H2,1-2H3,(H,15,16,17). The minimum Gasteiger partial charge on any atom is -0.328 e. The van der Waals surface area contributed by atoms with Crippen molar-refractivity contribution in [1.29, 1.82) is 0 Å². The fraction of sp³-hybridized carbons (Fsp3) is 0.375. The third-order valence-electron chi connectivity index (χ3n) is 2.49. The smallest absolute Gasteiger partial charge is 0.328 e. The van der Waals surface area contributed by atoms with Gasteiger partial charge in [0.15, 0.2) is 17.0 Å². The molecular weight excluding hydrogens is 264 g/mol. The molecule has 0 bridgehead atoms. The van der Waals surface area contributed by atoms with Crippen molar-refractivity contribution in [2.75, 3.05) is 0 Å². The van der Waals surface area contributed by atoms with Gasteiger partial charge >= 0.3 is 5.69 Å². The number of rotatable bonds is 2. The van der Waals surface area contributed by atoms with Crippen LogP contribution in [0.3, 0.4) is 0 Å². The average Bonchev–Trinajstić information content (AvgIpc) is 2.62. The van der Waals surface area contributed by atoms with Gasteiger partial charge in [-0.1, -0.05) is 0 Å². The van der Waals surface area contributed by atoms with Gasteiger partial charge in [0.2, 0.25) is 0 Å². The molecule has 2 aromatic heterocycles. The Morgan fingerprint density at radius 3 is 2.50 bits per heavy atom. The number of nitrogens with zero attached hydrogens (tertiary/aromatic N) is 4. The van der Waals surface area contributed by atoms with Gasteiger partial charge in [-0.15, -0.1) is 0 Å². The lowest BCUT2D eigenvalue weighted by atomic mass is 10.5. The summed E-state index contributed by atoms with van der Waals surface area (Å²) in [6.45, 7) is 0. The van der Waals surface area contributed by atoms with Gasteiger partial charge in [-0.05, 0) is 0 Å². The van der Waals surface area contributed by atoms with Crippen molar-refractivity contribution in [3.63, 3.8) is 0 Å². The minimum atomic E-state index is -4.41. The Balaban J connectivity index is 2.98. The van der Waals surface area contributed by atoms with Crippen LogP contribution >= 0.6 is 0 Å². The Morgan fingerprint density at radius 2 is 1.94 bits per heavy atom. The molecule has 0 amide bonds. The number of fused-ring (bicyclic) bond motifs is 1. The van der Waals surface area contributed by atoms with Crippen LogP contribution in [0.15, 0.2) is 15.9 Å². The topological polar surface area (TPSA) is 116 Å². The molecule has 98 valence electrons. The van der Waals surface area contributed by atoms with Gasteiger partial charge < -0.3 is 4.57 Å². The summed E-state index contributed by atoms with van der Waals surface area (Å²) in [6, 6.07) is 0. The first-order chi connectivity index (χ1) is 8.22. The van der Waals surface area contributed by atoms with Crippen molar-refractivity contribution in [2.45, 2.75) is 5.88 Å². The third kappa shape index (κ3) is 1.84. The molecule has 0 atom stereocenters. The fourth-order valence-corrected chi connectivity index (χ4v) is 2.22. The lowest BCUT2D eigenvalue weighted by Gasteiger charge is -2.07. The van der Waals surface area contributed by atoms with Crippen molar-refractivity contribution in [1.82, 2.24) is 18.7 Å². The van der Waals surface area contributed by atoms with Crippen LogP contribution in [0.1, 0.15) is 0 Å². The molecule has 18 heavy (non-hydrogen) atoms. The van der Waals surface area contributed by atoms with Gasteiger partial charge in [0.25, 0.3) is 15.7 Å². The van der Waals surface area contributed by atoms with Crippen molar-refractivity contribution < 1.29 is 13.0 Å². The Kier molecular flexibility index (Phi) is 2.63. The molecule has 0 aliphatic carbocycles. The molecule has 0 aliphatic rings. The molecule has 2 heterocycles. The van der Waals surface area contributed by atoms with Crippen molar-refractivity contribution >= 4 is 21.3 Å². The quantitative estimate of drug-likeness (QED) is 0.651. The zero-order valence-electron chi connectivity index (χ0n) is 9.56. The second kappa shape index (κ2) is 3.78. The van der Waals surface area contributed by atoms with Crippen molar-refractivity contribution in [3.8, 4) is 0 Å². The number of aromatic nitrogens is 4. The van der Waals surface area contributed by atoms with Crippen LogP contribution in [-0.4, -0.2) is 31.7 Å². The second-order valence-corrected chi connectivity index (χ2v) is 5.24. The molecule has 0 saturated heterocycles. The van der Waals surface area contributed by atoms with E-state index >= 15 is 0 Å². The Hall–Kier alpha value is -1.94. The van der Waals surface area contributed by atoms with Crippen LogP contribution in [-0.2, 0) is 30.1 Å².